The lowest BCUT2D eigenvalue weighted by atomic mass is 10.1. The first kappa shape index (κ1) is 12.6. The monoisotopic (exact) mass is 271 g/mol. The summed E-state index contributed by atoms with van der Waals surface area (Å²) >= 11 is 0. The van der Waals surface area contributed by atoms with Crippen molar-refractivity contribution in [3.05, 3.63) is 64.7 Å². The van der Waals surface area contributed by atoms with E-state index < -0.39 is 5.82 Å². The molecule has 0 amide bonds. The van der Waals surface area contributed by atoms with Crippen LogP contribution in [0.2, 0.25) is 0 Å². The number of ether oxygens (including phenoxy) is 1. The molecule has 3 rings (SSSR count). The van der Waals surface area contributed by atoms with Gasteiger partial charge in [0.25, 0.3) is 0 Å². The molecule has 20 heavy (non-hydrogen) atoms. The number of hydrogen-bond acceptors (Lipinski definition) is 2. The van der Waals surface area contributed by atoms with E-state index in [1.165, 1.54) is 18.2 Å². The van der Waals surface area contributed by atoms with Crippen molar-refractivity contribution >= 4 is 0 Å². The molecule has 0 saturated heterocycles. The second-order valence-electron chi connectivity index (χ2n) is 4.68. The number of benzene rings is 2. The number of fused-ring (bicyclic) bond motifs is 1. The fraction of sp³-hybridized carbons (Fsp3) is 0.188. The molecule has 0 radical (unpaired) electrons. The highest BCUT2D eigenvalue weighted by molar-refractivity contribution is 5.45. The number of halogens is 2. The third-order valence-electron chi connectivity index (χ3n) is 3.51. The van der Waals surface area contributed by atoms with Gasteiger partial charge in [0.2, 0.25) is 0 Å². The summed E-state index contributed by atoms with van der Waals surface area (Å²) in [5.74, 6) is -0.648. The van der Waals surface area contributed by atoms with Crippen LogP contribution in [-0.4, -0.2) is 0 Å². The molecule has 0 bridgehead atoms. The van der Waals surface area contributed by atoms with Gasteiger partial charge in [-0.3, -0.25) is 0 Å². The zero-order valence-electron chi connectivity index (χ0n) is 10.6. The van der Waals surface area contributed by atoms with Gasteiger partial charge in [-0.2, -0.15) is 5.26 Å². The molecule has 2 aromatic carbocycles. The average Bonchev–Trinajstić information content (AvgIpc) is 2.84. The van der Waals surface area contributed by atoms with E-state index in [0.717, 1.165) is 5.56 Å². The van der Waals surface area contributed by atoms with Gasteiger partial charge in [0.05, 0.1) is 0 Å². The smallest absolute Gasteiger partial charge is 0.144 e. The van der Waals surface area contributed by atoms with E-state index in [2.05, 4.69) is 0 Å². The standard InChI is InChI=1S/C16H11F2NO/c17-13-4-1-3-11-10(13)7-8-16(11)20-15-6-2-5-14(18)12(15)9-19/h1-6,16H,7-8H2. The Kier molecular flexibility index (Phi) is 3.11. The highest BCUT2D eigenvalue weighted by Crippen LogP contribution is 2.37. The van der Waals surface area contributed by atoms with Gasteiger partial charge in [-0.25, -0.2) is 8.78 Å². The van der Waals surface area contributed by atoms with E-state index in [0.29, 0.717) is 18.4 Å². The van der Waals surface area contributed by atoms with Crippen LogP contribution in [-0.2, 0) is 6.42 Å². The normalized spacial score (nSPS) is 16.6. The molecule has 2 nitrogen and oxygen atoms in total. The van der Waals surface area contributed by atoms with Crippen molar-refractivity contribution in [2.45, 2.75) is 18.9 Å². The fourth-order valence-corrected chi connectivity index (χ4v) is 2.56. The molecule has 0 aliphatic heterocycles. The lowest BCUT2D eigenvalue weighted by molar-refractivity contribution is 0.206. The summed E-state index contributed by atoms with van der Waals surface area (Å²) in [6, 6.07) is 10.9. The van der Waals surface area contributed by atoms with Crippen LogP contribution in [0.5, 0.6) is 5.75 Å². The van der Waals surface area contributed by atoms with Crippen LogP contribution in [0, 0.1) is 23.0 Å². The summed E-state index contributed by atoms with van der Waals surface area (Å²) in [4.78, 5) is 0. The van der Waals surface area contributed by atoms with E-state index in [4.69, 9.17) is 10.00 Å². The number of rotatable bonds is 2. The third kappa shape index (κ3) is 2.01. The van der Waals surface area contributed by atoms with Gasteiger partial charge in [0, 0.05) is 0 Å². The zero-order valence-corrected chi connectivity index (χ0v) is 10.6. The summed E-state index contributed by atoms with van der Waals surface area (Å²) in [6.45, 7) is 0. The van der Waals surface area contributed by atoms with Crippen molar-refractivity contribution in [1.82, 2.24) is 0 Å². The Bertz CT molecular complexity index is 706. The van der Waals surface area contributed by atoms with Crippen LogP contribution in [0.1, 0.15) is 29.2 Å². The van der Waals surface area contributed by atoms with Gasteiger partial charge < -0.3 is 4.74 Å². The predicted molar refractivity (Wildman–Crippen MR) is 69.2 cm³/mol. The molecule has 0 fully saturated rings. The average molecular weight is 271 g/mol. The Morgan fingerprint density at radius 1 is 1.10 bits per heavy atom. The van der Waals surface area contributed by atoms with Gasteiger partial charge in [-0.05, 0) is 42.2 Å². The summed E-state index contributed by atoms with van der Waals surface area (Å²) in [5.41, 5.74) is 1.31. The largest absolute Gasteiger partial charge is 0.484 e. The fourth-order valence-electron chi connectivity index (χ4n) is 2.56. The molecular formula is C16H11F2NO. The van der Waals surface area contributed by atoms with Crippen LogP contribution in [0.25, 0.3) is 0 Å². The lowest BCUT2D eigenvalue weighted by Gasteiger charge is -2.16. The third-order valence-corrected chi connectivity index (χ3v) is 3.51. The molecule has 1 aliphatic carbocycles. The van der Waals surface area contributed by atoms with E-state index in [1.807, 2.05) is 0 Å². The molecule has 1 aliphatic rings. The molecule has 0 aromatic heterocycles. The van der Waals surface area contributed by atoms with Gasteiger partial charge in [0.1, 0.15) is 35.1 Å². The Hall–Kier alpha value is -2.41. The van der Waals surface area contributed by atoms with Crippen molar-refractivity contribution in [1.29, 1.82) is 5.26 Å². The summed E-state index contributed by atoms with van der Waals surface area (Å²) in [7, 11) is 0. The highest BCUT2D eigenvalue weighted by atomic mass is 19.1. The molecular weight excluding hydrogens is 260 g/mol. The SMILES string of the molecule is N#Cc1c(F)cccc1OC1CCc2c(F)cccc21. The van der Waals surface area contributed by atoms with Gasteiger partial charge in [-0.15, -0.1) is 0 Å². The molecule has 0 spiro atoms. The minimum atomic E-state index is -0.609. The van der Waals surface area contributed by atoms with E-state index in [1.54, 1.807) is 24.3 Å². The first-order valence-electron chi connectivity index (χ1n) is 6.33. The summed E-state index contributed by atoms with van der Waals surface area (Å²) in [5, 5.41) is 8.98. The van der Waals surface area contributed by atoms with Crippen molar-refractivity contribution < 1.29 is 13.5 Å². The van der Waals surface area contributed by atoms with Crippen molar-refractivity contribution in [3.8, 4) is 11.8 Å². The first-order valence-corrected chi connectivity index (χ1v) is 6.33. The molecule has 4 heteroatoms. The lowest BCUT2D eigenvalue weighted by Crippen LogP contribution is -2.05. The molecule has 1 atom stereocenters. The quantitative estimate of drug-likeness (QED) is 0.829. The topological polar surface area (TPSA) is 33.0 Å². The molecule has 1 unspecified atom stereocenters. The van der Waals surface area contributed by atoms with Crippen LogP contribution in [0.15, 0.2) is 36.4 Å². The van der Waals surface area contributed by atoms with Crippen LogP contribution >= 0.6 is 0 Å². The van der Waals surface area contributed by atoms with Crippen molar-refractivity contribution in [3.63, 3.8) is 0 Å². The van der Waals surface area contributed by atoms with E-state index >= 15 is 0 Å². The minimum Gasteiger partial charge on any atom is -0.484 e. The van der Waals surface area contributed by atoms with Crippen molar-refractivity contribution in [2.75, 3.05) is 0 Å². The Morgan fingerprint density at radius 2 is 1.85 bits per heavy atom. The zero-order chi connectivity index (χ0) is 14.1. The minimum absolute atomic E-state index is 0.114. The van der Waals surface area contributed by atoms with Crippen LogP contribution in [0.3, 0.4) is 0 Å². The maximum Gasteiger partial charge on any atom is 0.144 e. The van der Waals surface area contributed by atoms with E-state index in [-0.39, 0.29) is 23.2 Å². The van der Waals surface area contributed by atoms with Crippen LogP contribution in [0.4, 0.5) is 8.78 Å². The summed E-state index contributed by atoms with van der Waals surface area (Å²) < 4.78 is 32.9. The van der Waals surface area contributed by atoms with Gasteiger partial charge in [-0.1, -0.05) is 18.2 Å². The van der Waals surface area contributed by atoms with Crippen molar-refractivity contribution in [2.24, 2.45) is 0 Å². The maximum absolute atomic E-state index is 13.6. The number of hydrogen-bond donors (Lipinski definition) is 0. The maximum atomic E-state index is 13.6. The Balaban J connectivity index is 1.94. The molecule has 100 valence electrons. The predicted octanol–water partition coefficient (Wildman–Crippen LogP) is 3.90. The second kappa shape index (κ2) is 4.93. The Morgan fingerprint density at radius 3 is 2.65 bits per heavy atom. The number of nitriles is 1. The molecule has 0 saturated carbocycles. The second-order valence-corrected chi connectivity index (χ2v) is 4.68. The van der Waals surface area contributed by atoms with Gasteiger partial charge >= 0.3 is 0 Å². The number of nitrogens with zero attached hydrogens (tertiary/aromatic N) is 1. The highest BCUT2D eigenvalue weighted by Gasteiger charge is 2.27. The molecule has 0 heterocycles. The Labute approximate surface area is 115 Å². The van der Waals surface area contributed by atoms with Gasteiger partial charge in [0.15, 0.2) is 0 Å². The van der Waals surface area contributed by atoms with E-state index in [9.17, 15) is 8.78 Å². The van der Waals surface area contributed by atoms with Crippen LogP contribution < -0.4 is 4.74 Å². The molecule has 0 N–H and O–H groups in total. The molecule has 2 aromatic rings. The first-order chi connectivity index (χ1) is 9.70. The summed E-state index contributed by atoms with van der Waals surface area (Å²) in [6.07, 6.45) is 0.872.